The van der Waals surface area contributed by atoms with Gasteiger partial charge in [-0.2, -0.15) is 0 Å². The monoisotopic (exact) mass is 256 g/mol. The third-order valence-electron chi connectivity index (χ3n) is 3.37. The molecule has 1 aromatic rings. The number of nitrogens with zero attached hydrogens (tertiary/aromatic N) is 1. The van der Waals surface area contributed by atoms with Gasteiger partial charge in [0.1, 0.15) is 11.6 Å². The molecule has 0 amide bonds. The van der Waals surface area contributed by atoms with Crippen molar-refractivity contribution in [2.75, 3.05) is 33.4 Å². The number of ether oxygens (including phenoxy) is 1. The summed E-state index contributed by atoms with van der Waals surface area (Å²) in [5, 5.41) is 0. The summed E-state index contributed by atoms with van der Waals surface area (Å²) in [4.78, 5) is 2.15. The average Bonchev–Trinajstić information content (AvgIpc) is 2.66. The maximum atomic E-state index is 13.2. The van der Waals surface area contributed by atoms with Crippen LogP contribution in [0.4, 0.5) is 8.78 Å². The van der Waals surface area contributed by atoms with Crippen LogP contribution in [0, 0.1) is 11.6 Å². The predicted octanol–water partition coefficient (Wildman–Crippen LogP) is 1.34. The van der Waals surface area contributed by atoms with Crippen LogP contribution in [0.1, 0.15) is 11.5 Å². The van der Waals surface area contributed by atoms with Gasteiger partial charge in [0.25, 0.3) is 0 Å². The van der Waals surface area contributed by atoms with E-state index >= 15 is 0 Å². The molecule has 0 aromatic heterocycles. The molecule has 3 nitrogen and oxygen atoms in total. The molecule has 5 heteroatoms. The van der Waals surface area contributed by atoms with Crippen LogP contribution in [-0.2, 0) is 4.74 Å². The Bertz CT molecular complexity index is 394. The van der Waals surface area contributed by atoms with E-state index in [1.807, 2.05) is 0 Å². The highest BCUT2D eigenvalue weighted by Gasteiger charge is 2.31. The first-order valence-electron chi connectivity index (χ1n) is 6.03. The highest BCUT2D eigenvalue weighted by atomic mass is 19.1. The number of likely N-dealkylation sites (tertiary alicyclic amines) is 1. The summed E-state index contributed by atoms with van der Waals surface area (Å²) in [5.74, 6) is -1.12. The first-order valence-corrected chi connectivity index (χ1v) is 6.03. The van der Waals surface area contributed by atoms with Crippen LogP contribution >= 0.6 is 0 Å². The third kappa shape index (κ3) is 3.04. The molecular weight excluding hydrogens is 238 g/mol. The molecule has 2 atom stereocenters. The first-order chi connectivity index (χ1) is 8.60. The molecule has 18 heavy (non-hydrogen) atoms. The van der Waals surface area contributed by atoms with Gasteiger partial charge in [0.2, 0.25) is 0 Å². The summed E-state index contributed by atoms with van der Waals surface area (Å²) in [7, 11) is 1.65. The molecule has 2 unspecified atom stereocenters. The fourth-order valence-electron chi connectivity index (χ4n) is 2.46. The summed E-state index contributed by atoms with van der Waals surface area (Å²) in [6, 6.07) is 3.52. The number of hydrogen-bond acceptors (Lipinski definition) is 3. The first kappa shape index (κ1) is 13.4. The van der Waals surface area contributed by atoms with Gasteiger partial charge in [-0.1, -0.05) is 0 Å². The summed E-state index contributed by atoms with van der Waals surface area (Å²) in [6.07, 6.45) is 0. The van der Waals surface area contributed by atoms with E-state index in [1.54, 1.807) is 7.11 Å². The molecule has 0 aliphatic carbocycles. The van der Waals surface area contributed by atoms with Crippen molar-refractivity contribution in [1.82, 2.24) is 4.90 Å². The molecule has 1 fully saturated rings. The number of methoxy groups -OCH3 is 1. The second kappa shape index (κ2) is 5.73. The quantitative estimate of drug-likeness (QED) is 0.883. The SMILES string of the molecule is COCCN1CC(N)C(c2cc(F)cc(F)c2)C1. The van der Waals surface area contributed by atoms with Crippen LogP contribution in [-0.4, -0.2) is 44.3 Å². The predicted molar refractivity (Wildman–Crippen MR) is 65.4 cm³/mol. The minimum atomic E-state index is -0.549. The fourth-order valence-corrected chi connectivity index (χ4v) is 2.46. The Morgan fingerprint density at radius 1 is 1.28 bits per heavy atom. The van der Waals surface area contributed by atoms with Gasteiger partial charge in [0.05, 0.1) is 6.61 Å². The molecular formula is C13H18F2N2O. The summed E-state index contributed by atoms with van der Waals surface area (Å²) >= 11 is 0. The van der Waals surface area contributed by atoms with E-state index in [2.05, 4.69) is 4.90 Å². The molecule has 0 bridgehead atoms. The molecule has 2 N–H and O–H groups in total. The molecule has 1 aromatic carbocycles. The Balaban J connectivity index is 2.08. The smallest absolute Gasteiger partial charge is 0.126 e. The Labute approximate surface area is 106 Å². The van der Waals surface area contributed by atoms with Crippen molar-refractivity contribution in [2.24, 2.45) is 5.73 Å². The summed E-state index contributed by atoms with van der Waals surface area (Å²) in [5.41, 5.74) is 6.68. The van der Waals surface area contributed by atoms with E-state index in [9.17, 15) is 8.78 Å². The van der Waals surface area contributed by atoms with Crippen molar-refractivity contribution in [3.63, 3.8) is 0 Å². The molecule has 1 saturated heterocycles. The van der Waals surface area contributed by atoms with Gasteiger partial charge >= 0.3 is 0 Å². The maximum Gasteiger partial charge on any atom is 0.126 e. The molecule has 2 rings (SSSR count). The van der Waals surface area contributed by atoms with Crippen LogP contribution in [0.15, 0.2) is 18.2 Å². The summed E-state index contributed by atoms with van der Waals surface area (Å²) in [6.45, 7) is 2.87. The number of benzene rings is 1. The third-order valence-corrected chi connectivity index (χ3v) is 3.37. The van der Waals surface area contributed by atoms with E-state index < -0.39 is 11.6 Å². The lowest BCUT2D eigenvalue weighted by Crippen LogP contribution is -2.30. The number of halogens is 2. The Morgan fingerprint density at radius 3 is 2.56 bits per heavy atom. The standard InChI is InChI=1S/C13H18F2N2O/c1-18-3-2-17-7-12(13(16)8-17)9-4-10(14)6-11(15)5-9/h4-6,12-13H,2-3,7-8,16H2,1H3. The van der Waals surface area contributed by atoms with Crippen molar-refractivity contribution >= 4 is 0 Å². The van der Waals surface area contributed by atoms with Crippen molar-refractivity contribution in [3.8, 4) is 0 Å². The van der Waals surface area contributed by atoms with Gasteiger partial charge in [-0.05, 0) is 17.7 Å². The van der Waals surface area contributed by atoms with E-state index in [-0.39, 0.29) is 12.0 Å². The highest BCUT2D eigenvalue weighted by molar-refractivity contribution is 5.25. The number of nitrogens with two attached hydrogens (primary N) is 1. The van der Waals surface area contributed by atoms with Gasteiger partial charge in [-0.3, -0.25) is 4.90 Å². The largest absolute Gasteiger partial charge is 0.383 e. The normalized spacial score (nSPS) is 24.7. The second-order valence-corrected chi connectivity index (χ2v) is 4.73. The topological polar surface area (TPSA) is 38.5 Å². The molecule has 0 spiro atoms. The van der Waals surface area contributed by atoms with E-state index in [1.165, 1.54) is 12.1 Å². The maximum absolute atomic E-state index is 13.2. The van der Waals surface area contributed by atoms with Crippen LogP contribution < -0.4 is 5.73 Å². The van der Waals surface area contributed by atoms with Crippen molar-refractivity contribution in [1.29, 1.82) is 0 Å². The van der Waals surface area contributed by atoms with Crippen LogP contribution in [0.2, 0.25) is 0 Å². The lowest BCUT2D eigenvalue weighted by atomic mass is 9.95. The molecule has 0 saturated carbocycles. The van der Waals surface area contributed by atoms with Gasteiger partial charge < -0.3 is 10.5 Å². The summed E-state index contributed by atoms with van der Waals surface area (Å²) < 4.78 is 31.4. The zero-order valence-electron chi connectivity index (χ0n) is 10.4. The minimum Gasteiger partial charge on any atom is -0.383 e. The van der Waals surface area contributed by atoms with Crippen molar-refractivity contribution in [3.05, 3.63) is 35.4 Å². The van der Waals surface area contributed by atoms with E-state index in [0.29, 0.717) is 18.7 Å². The Morgan fingerprint density at radius 2 is 1.94 bits per heavy atom. The zero-order valence-corrected chi connectivity index (χ0v) is 10.4. The minimum absolute atomic E-state index is 0.0212. The van der Waals surface area contributed by atoms with Crippen LogP contribution in [0.3, 0.4) is 0 Å². The van der Waals surface area contributed by atoms with Gasteiger partial charge in [-0.15, -0.1) is 0 Å². The fraction of sp³-hybridized carbons (Fsp3) is 0.538. The Hall–Kier alpha value is -1.04. The molecule has 1 aliphatic heterocycles. The zero-order chi connectivity index (χ0) is 13.1. The van der Waals surface area contributed by atoms with Crippen molar-refractivity contribution in [2.45, 2.75) is 12.0 Å². The lowest BCUT2D eigenvalue weighted by molar-refractivity contribution is 0.160. The van der Waals surface area contributed by atoms with Crippen LogP contribution in [0.25, 0.3) is 0 Å². The number of rotatable bonds is 4. The number of hydrogen-bond donors (Lipinski definition) is 1. The van der Waals surface area contributed by atoms with Gasteiger partial charge in [-0.25, -0.2) is 8.78 Å². The Kier molecular flexibility index (Phi) is 4.27. The van der Waals surface area contributed by atoms with Crippen molar-refractivity contribution < 1.29 is 13.5 Å². The lowest BCUT2D eigenvalue weighted by Gasteiger charge is -2.15. The van der Waals surface area contributed by atoms with E-state index in [4.69, 9.17) is 10.5 Å². The van der Waals surface area contributed by atoms with E-state index in [0.717, 1.165) is 19.2 Å². The molecule has 1 aliphatic rings. The average molecular weight is 256 g/mol. The van der Waals surface area contributed by atoms with Gasteiger partial charge in [0.15, 0.2) is 0 Å². The molecule has 100 valence electrons. The highest BCUT2D eigenvalue weighted by Crippen LogP contribution is 2.27. The molecule has 0 radical (unpaired) electrons. The second-order valence-electron chi connectivity index (χ2n) is 4.73. The van der Waals surface area contributed by atoms with Crippen LogP contribution in [0.5, 0.6) is 0 Å². The molecule has 1 heterocycles. The van der Waals surface area contributed by atoms with Gasteiger partial charge in [0, 0.05) is 44.8 Å².